The molecule has 0 spiro atoms. The summed E-state index contributed by atoms with van der Waals surface area (Å²) in [5.41, 5.74) is 1.62. The molecule has 2 aliphatic heterocycles. The van der Waals surface area contributed by atoms with Gasteiger partial charge in [-0.2, -0.15) is 0 Å². The van der Waals surface area contributed by atoms with Crippen LogP contribution in [0.3, 0.4) is 0 Å². The Bertz CT molecular complexity index is 1150. The molecule has 1 fully saturated rings. The first-order chi connectivity index (χ1) is 18.9. The zero-order valence-corrected chi connectivity index (χ0v) is 23.4. The number of carbonyl (C=O) groups excluding carboxylic acids is 1. The summed E-state index contributed by atoms with van der Waals surface area (Å²) in [5, 5.41) is 10.6. The minimum absolute atomic E-state index is 0.0258. The zero-order chi connectivity index (χ0) is 27.9. The SMILES string of the molecule is CCCCN(CCCC)C(=O)CN1C[C@H](c2ccc3c(c2)OCO3)[C@H](C(=O)O)[C@H]1c1ccc(OC)c(OC)c1. The molecule has 1 N–H and O–H groups in total. The number of benzene rings is 2. The fraction of sp³-hybridized carbons (Fsp3) is 0.533. The number of carboxylic acid groups (broad SMARTS) is 1. The van der Waals surface area contributed by atoms with Crippen molar-refractivity contribution in [1.82, 2.24) is 9.80 Å². The number of rotatable bonds is 13. The molecular weight excluding hydrogens is 500 g/mol. The van der Waals surface area contributed by atoms with E-state index < -0.39 is 17.9 Å². The van der Waals surface area contributed by atoms with Crippen LogP contribution in [0.15, 0.2) is 36.4 Å². The van der Waals surface area contributed by atoms with E-state index in [-0.39, 0.29) is 25.2 Å². The highest BCUT2D eigenvalue weighted by molar-refractivity contribution is 5.79. The van der Waals surface area contributed by atoms with Gasteiger partial charge in [-0.05, 0) is 48.2 Å². The smallest absolute Gasteiger partial charge is 0.309 e. The molecule has 3 atom stereocenters. The molecular formula is C30H40N2O7. The Labute approximate surface area is 230 Å². The van der Waals surface area contributed by atoms with Crippen molar-refractivity contribution >= 4 is 11.9 Å². The van der Waals surface area contributed by atoms with E-state index in [2.05, 4.69) is 13.8 Å². The summed E-state index contributed by atoms with van der Waals surface area (Å²) in [4.78, 5) is 30.5. The van der Waals surface area contributed by atoms with Crippen LogP contribution in [-0.4, -0.2) is 74.0 Å². The van der Waals surface area contributed by atoms with Crippen molar-refractivity contribution in [2.45, 2.75) is 51.5 Å². The molecule has 2 heterocycles. The van der Waals surface area contributed by atoms with E-state index in [0.717, 1.165) is 36.8 Å². The van der Waals surface area contributed by atoms with E-state index in [1.807, 2.05) is 40.1 Å². The maximum Gasteiger partial charge on any atom is 0.309 e. The van der Waals surface area contributed by atoms with Crippen molar-refractivity contribution in [3.63, 3.8) is 0 Å². The summed E-state index contributed by atoms with van der Waals surface area (Å²) >= 11 is 0. The second-order valence-electron chi connectivity index (χ2n) is 10.2. The Morgan fingerprint density at radius 2 is 1.62 bits per heavy atom. The highest BCUT2D eigenvalue weighted by Gasteiger charge is 2.48. The number of fused-ring (bicyclic) bond motifs is 1. The summed E-state index contributed by atoms with van der Waals surface area (Å²) in [7, 11) is 3.12. The predicted molar refractivity (Wildman–Crippen MR) is 147 cm³/mol. The van der Waals surface area contributed by atoms with E-state index in [1.165, 1.54) is 0 Å². The summed E-state index contributed by atoms with van der Waals surface area (Å²) in [6, 6.07) is 10.5. The number of carbonyl (C=O) groups is 2. The second-order valence-corrected chi connectivity index (χ2v) is 10.2. The van der Waals surface area contributed by atoms with Crippen molar-refractivity contribution in [3.05, 3.63) is 47.5 Å². The van der Waals surface area contributed by atoms with Gasteiger partial charge in [0.15, 0.2) is 23.0 Å². The van der Waals surface area contributed by atoms with E-state index in [9.17, 15) is 14.7 Å². The lowest BCUT2D eigenvalue weighted by atomic mass is 9.82. The fourth-order valence-corrected chi connectivity index (χ4v) is 5.64. The third-order valence-electron chi connectivity index (χ3n) is 7.71. The normalized spacial score (nSPS) is 20.2. The number of hydrogen-bond acceptors (Lipinski definition) is 7. The van der Waals surface area contributed by atoms with Gasteiger partial charge in [-0.3, -0.25) is 14.5 Å². The molecule has 2 aromatic carbocycles. The molecule has 9 heteroatoms. The Morgan fingerprint density at radius 3 is 2.26 bits per heavy atom. The fourth-order valence-electron chi connectivity index (χ4n) is 5.64. The number of amides is 1. The van der Waals surface area contributed by atoms with E-state index in [4.69, 9.17) is 18.9 Å². The van der Waals surface area contributed by atoms with Gasteiger partial charge >= 0.3 is 5.97 Å². The third kappa shape index (κ3) is 6.24. The van der Waals surface area contributed by atoms with E-state index in [0.29, 0.717) is 42.6 Å². The molecule has 212 valence electrons. The summed E-state index contributed by atoms with van der Waals surface area (Å²) in [6.07, 6.45) is 3.88. The molecule has 39 heavy (non-hydrogen) atoms. The topological polar surface area (TPSA) is 97.8 Å². The minimum Gasteiger partial charge on any atom is -0.493 e. The summed E-state index contributed by atoms with van der Waals surface area (Å²) in [5.74, 6) is 0.294. The third-order valence-corrected chi connectivity index (χ3v) is 7.71. The monoisotopic (exact) mass is 540 g/mol. The predicted octanol–water partition coefficient (Wildman–Crippen LogP) is 4.70. The van der Waals surface area contributed by atoms with Crippen LogP contribution in [0.2, 0.25) is 0 Å². The molecule has 2 aromatic rings. The van der Waals surface area contributed by atoms with Gasteiger partial charge < -0.3 is 29.0 Å². The average molecular weight is 541 g/mol. The lowest BCUT2D eigenvalue weighted by molar-refractivity contribution is -0.144. The van der Waals surface area contributed by atoms with E-state index in [1.54, 1.807) is 20.3 Å². The van der Waals surface area contributed by atoms with Crippen molar-refractivity contribution in [2.24, 2.45) is 5.92 Å². The number of likely N-dealkylation sites (tertiary alicyclic amines) is 1. The molecule has 0 unspecified atom stereocenters. The van der Waals surface area contributed by atoms with Crippen LogP contribution < -0.4 is 18.9 Å². The summed E-state index contributed by atoms with van der Waals surface area (Å²) in [6.45, 7) is 6.34. The maximum absolute atomic E-state index is 13.6. The highest BCUT2D eigenvalue weighted by Crippen LogP contribution is 2.48. The average Bonchev–Trinajstić information content (AvgIpc) is 3.57. The van der Waals surface area contributed by atoms with Crippen LogP contribution in [0.1, 0.15) is 62.6 Å². The maximum atomic E-state index is 13.6. The Balaban J connectivity index is 1.72. The molecule has 0 saturated carbocycles. The molecule has 9 nitrogen and oxygen atoms in total. The number of unbranched alkanes of at least 4 members (excludes halogenated alkanes) is 2. The van der Waals surface area contributed by atoms with Crippen LogP contribution in [0.4, 0.5) is 0 Å². The minimum atomic E-state index is -0.916. The van der Waals surface area contributed by atoms with Crippen LogP contribution >= 0.6 is 0 Å². The lowest BCUT2D eigenvalue weighted by Gasteiger charge is -2.30. The number of ether oxygens (including phenoxy) is 4. The lowest BCUT2D eigenvalue weighted by Crippen LogP contribution is -2.42. The van der Waals surface area contributed by atoms with E-state index >= 15 is 0 Å². The first kappa shape index (κ1) is 28.5. The molecule has 0 radical (unpaired) electrons. The van der Waals surface area contributed by atoms with Crippen LogP contribution in [0.5, 0.6) is 23.0 Å². The van der Waals surface area contributed by atoms with Crippen molar-refractivity contribution in [1.29, 1.82) is 0 Å². The van der Waals surface area contributed by atoms with Gasteiger partial charge in [0.1, 0.15) is 0 Å². The molecule has 1 saturated heterocycles. The first-order valence-corrected chi connectivity index (χ1v) is 13.8. The Hall–Kier alpha value is -3.46. The molecule has 0 aromatic heterocycles. The molecule has 1 amide bonds. The van der Waals surface area contributed by atoms with Crippen molar-refractivity contribution < 1.29 is 33.6 Å². The standard InChI is InChI=1S/C30H40N2O7/c1-5-7-13-31(14-8-6-2)27(33)18-32-17-22(20-9-12-24-26(15-20)39-19-38-24)28(30(34)35)29(32)21-10-11-23(36-3)25(16-21)37-4/h9-12,15-16,22,28-29H,5-8,13-14,17-19H2,1-4H3,(H,34,35)/t22-,28+,29-/m1/s1. The molecule has 2 aliphatic rings. The number of hydrogen-bond donors (Lipinski definition) is 1. The number of aliphatic carboxylic acids is 1. The second kappa shape index (κ2) is 13.1. The highest BCUT2D eigenvalue weighted by atomic mass is 16.7. The van der Waals surface area contributed by atoms with Crippen molar-refractivity contribution in [3.8, 4) is 23.0 Å². The first-order valence-electron chi connectivity index (χ1n) is 13.8. The number of methoxy groups -OCH3 is 2. The van der Waals surface area contributed by atoms with Gasteiger partial charge in [-0.1, -0.05) is 38.8 Å². The van der Waals surface area contributed by atoms with Gasteiger partial charge in [0, 0.05) is 31.6 Å². The number of nitrogens with zero attached hydrogens (tertiary/aromatic N) is 2. The van der Waals surface area contributed by atoms with Gasteiger partial charge in [-0.15, -0.1) is 0 Å². The molecule has 4 rings (SSSR count). The van der Waals surface area contributed by atoms with Crippen LogP contribution in [-0.2, 0) is 9.59 Å². The van der Waals surface area contributed by atoms with Gasteiger partial charge in [-0.25, -0.2) is 0 Å². The zero-order valence-electron chi connectivity index (χ0n) is 23.4. The number of carboxylic acids is 1. The Kier molecular flexibility index (Phi) is 9.56. The van der Waals surface area contributed by atoms with Crippen LogP contribution in [0, 0.1) is 5.92 Å². The summed E-state index contributed by atoms with van der Waals surface area (Å²) < 4.78 is 22.0. The van der Waals surface area contributed by atoms with Crippen molar-refractivity contribution in [2.75, 3.05) is 47.2 Å². The molecule has 0 bridgehead atoms. The Morgan fingerprint density at radius 1 is 0.949 bits per heavy atom. The molecule has 0 aliphatic carbocycles. The van der Waals surface area contributed by atoms with Gasteiger partial charge in [0.05, 0.1) is 26.7 Å². The quantitative estimate of drug-likeness (QED) is 0.390. The van der Waals surface area contributed by atoms with Crippen LogP contribution in [0.25, 0.3) is 0 Å². The van der Waals surface area contributed by atoms with Gasteiger partial charge in [0.25, 0.3) is 0 Å². The van der Waals surface area contributed by atoms with Gasteiger partial charge in [0.2, 0.25) is 12.7 Å². The largest absolute Gasteiger partial charge is 0.493 e.